The van der Waals surface area contributed by atoms with Crippen LogP contribution in [0.1, 0.15) is 5.76 Å². The summed E-state index contributed by atoms with van der Waals surface area (Å²) in [5.41, 5.74) is 0.811. The van der Waals surface area contributed by atoms with E-state index < -0.39 is 11.6 Å². The Labute approximate surface area is 177 Å². The van der Waals surface area contributed by atoms with Gasteiger partial charge in [0.1, 0.15) is 23.2 Å². The number of benzene rings is 2. The van der Waals surface area contributed by atoms with Crippen LogP contribution in [-0.4, -0.2) is 10.2 Å². The number of anilines is 1. The van der Waals surface area contributed by atoms with Crippen molar-refractivity contribution in [2.45, 2.75) is 0 Å². The van der Waals surface area contributed by atoms with Gasteiger partial charge in [-0.05, 0) is 48.5 Å². The van der Waals surface area contributed by atoms with Gasteiger partial charge in [-0.1, -0.05) is 39.9 Å². The molecule has 0 N–H and O–H groups in total. The number of hydrogen-bond donors (Lipinski definition) is 0. The molecule has 0 unspecified atom stereocenters. The molecule has 1 aliphatic rings. The summed E-state index contributed by atoms with van der Waals surface area (Å²) in [4.78, 5) is 14.6. The third kappa shape index (κ3) is 3.67. The first-order chi connectivity index (χ1) is 13.4. The largest absolute Gasteiger partial charge is 0.457 e. The van der Waals surface area contributed by atoms with E-state index in [9.17, 15) is 13.6 Å². The van der Waals surface area contributed by atoms with Gasteiger partial charge in [-0.3, -0.25) is 9.69 Å². The highest BCUT2D eigenvalue weighted by Crippen LogP contribution is 2.37. The summed E-state index contributed by atoms with van der Waals surface area (Å²) >= 11 is 9.85. The van der Waals surface area contributed by atoms with Gasteiger partial charge in [0, 0.05) is 16.6 Å². The molecule has 28 heavy (non-hydrogen) atoms. The molecule has 0 saturated carbocycles. The van der Waals surface area contributed by atoms with Crippen LogP contribution in [-0.2, 0) is 4.79 Å². The predicted octanol–water partition coefficient (Wildman–Crippen LogP) is 6.39. The quantitative estimate of drug-likeness (QED) is 0.323. The molecule has 1 amide bonds. The van der Waals surface area contributed by atoms with E-state index in [1.54, 1.807) is 30.3 Å². The maximum atomic E-state index is 13.9. The fourth-order valence-corrected chi connectivity index (χ4v) is 4.22. The van der Waals surface area contributed by atoms with Crippen molar-refractivity contribution in [1.82, 2.24) is 0 Å². The highest BCUT2D eigenvalue weighted by Gasteiger charge is 2.33. The molecular formula is C20H10BrF2NO2S2. The van der Waals surface area contributed by atoms with E-state index >= 15 is 0 Å². The lowest BCUT2D eigenvalue weighted by atomic mass is 10.1. The number of hydrogen-bond acceptors (Lipinski definition) is 4. The normalized spacial score (nSPS) is 15.7. The minimum absolute atomic E-state index is 0.142. The SMILES string of the molecule is O=C1/C(=C\c2ccc(-c3ccc(F)cc3F)o2)SC(=S)N1c1ccc(Br)cc1. The van der Waals surface area contributed by atoms with Crippen LogP contribution in [0, 0.1) is 11.6 Å². The maximum Gasteiger partial charge on any atom is 0.270 e. The molecule has 0 radical (unpaired) electrons. The number of thiocarbonyl (C=S) groups is 1. The first-order valence-corrected chi connectivity index (χ1v) is 10.0. The smallest absolute Gasteiger partial charge is 0.270 e. The van der Waals surface area contributed by atoms with Crippen molar-refractivity contribution in [3.63, 3.8) is 0 Å². The van der Waals surface area contributed by atoms with E-state index in [2.05, 4.69) is 15.9 Å². The summed E-state index contributed by atoms with van der Waals surface area (Å²) in [5.74, 6) is -1.03. The minimum Gasteiger partial charge on any atom is -0.457 e. The van der Waals surface area contributed by atoms with Gasteiger partial charge in [-0.15, -0.1) is 0 Å². The molecule has 0 bridgehead atoms. The number of thioether (sulfide) groups is 1. The lowest BCUT2D eigenvalue weighted by molar-refractivity contribution is -0.113. The number of rotatable bonds is 3. The number of carbonyl (C=O) groups is 1. The van der Waals surface area contributed by atoms with Gasteiger partial charge in [0.2, 0.25) is 0 Å². The van der Waals surface area contributed by atoms with Crippen LogP contribution in [0.5, 0.6) is 0 Å². The molecule has 1 fully saturated rings. The molecule has 140 valence electrons. The Hall–Kier alpha value is -2.29. The van der Waals surface area contributed by atoms with Crippen LogP contribution < -0.4 is 4.90 Å². The Morgan fingerprint density at radius 3 is 2.54 bits per heavy atom. The molecule has 1 aliphatic heterocycles. The van der Waals surface area contributed by atoms with Crippen molar-refractivity contribution in [3.8, 4) is 11.3 Å². The maximum absolute atomic E-state index is 13.9. The summed E-state index contributed by atoms with van der Waals surface area (Å²) in [6.45, 7) is 0. The van der Waals surface area contributed by atoms with E-state index in [1.165, 1.54) is 11.0 Å². The molecule has 2 aromatic carbocycles. The second-order valence-electron chi connectivity index (χ2n) is 5.82. The summed E-state index contributed by atoms with van der Waals surface area (Å²) in [7, 11) is 0. The summed E-state index contributed by atoms with van der Waals surface area (Å²) < 4.78 is 33.9. The average Bonchev–Trinajstić information content (AvgIpc) is 3.21. The van der Waals surface area contributed by atoms with Crippen LogP contribution in [0.4, 0.5) is 14.5 Å². The van der Waals surface area contributed by atoms with Gasteiger partial charge in [0.25, 0.3) is 5.91 Å². The Morgan fingerprint density at radius 1 is 1.07 bits per heavy atom. The fourth-order valence-electron chi connectivity index (χ4n) is 2.67. The highest BCUT2D eigenvalue weighted by molar-refractivity contribution is 9.10. The monoisotopic (exact) mass is 477 g/mol. The molecule has 2 heterocycles. The van der Waals surface area contributed by atoms with Crippen LogP contribution >= 0.6 is 39.9 Å². The third-order valence-electron chi connectivity index (χ3n) is 3.98. The molecule has 1 aromatic heterocycles. The zero-order valence-corrected chi connectivity index (χ0v) is 17.2. The summed E-state index contributed by atoms with van der Waals surface area (Å²) in [5, 5.41) is 0. The van der Waals surface area contributed by atoms with Gasteiger partial charge in [0.15, 0.2) is 4.32 Å². The summed E-state index contributed by atoms with van der Waals surface area (Å²) in [6.07, 6.45) is 1.56. The molecule has 4 rings (SSSR count). The fraction of sp³-hybridized carbons (Fsp3) is 0. The van der Waals surface area contributed by atoms with E-state index in [-0.39, 0.29) is 17.2 Å². The molecular weight excluding hydrogens is 468 g/mol. The van der Waals surface area contributed by atoms with Crippen molar-refractivity contribution in [2.75, 3.05) is 4.90 Å². The molecule has 3 aromatic rings. The molecule has 0 spiro atoms. The number of halogens is 3. The van der Waals surface area contributed by atoms with Gasteiger partial charge < -0.3 is 4.42 Å². The number of amides is 1. The first kappa shape index (κ1) is 19.0. The second-order valence-corrected chi connectivity index (χ2v) is 8.41. The van der Waals surface area contributed by atoms with Crippen LogP contribution in [0.25, 0.3) is 17.4 Å². The van der Waals surface area contributed by atoms with Crippen molar-refractivity contribution >= 4 is 61.9 Å². The standard InChI is InChI=1S/C20H10BrF2NO2S2/c21-11-1-4-13(5-2-11)24-19(25)18(28-20(24)27)10-14-6-8-17(26-14)15-7-3-12(22)9-16(15)23/h1-10H/b18-10+. The molecule has 0 atom stereocenters. The van der Waals surface area contributed by atoms with Gasteiger partial charge in [0.05, 0.1) is 16.2 Å². The summed E-state index contributed by atoms with van der Waals surface area (Å²) in [6, 6.07) is 13.7. The van der Waals surface area contributed by atoms with Gasteiger partial charge in [-0.25, -0.2) is 8.78 Å². The van der Waals surface area contributed by atoms with Crippen molar-refractivity contribution in [3.05, 3.63) is 81.4 Å². The van der Waals surface area contributed by atoms with E-state index in [4.69, 9.17) is 16.6 Å². The van der Waals surface area contributed by atoms with E-state index in [0.29, 0.717) is 20.7 Å². The number of nitrogens with zero attached hydrogens (tertiary/aromatic N) is 1. The van der Waals surface area contributed by atoms with Crippen molar-refractivity contribution < 1.29 is 18.0 Å². The lowest BCUT2D eigenvalue weighted by Crippen LogP contribution is -2.27. The predicted molar refractivity (Wildman–Crippen MR) is 114 cm³/mol. The second kappa shape index (κ2) is 7.62. The molecule has 8 heteroatoms. The first-order valence-electron chi connectivity index (χ1n) is 8.01. The zero-order chi connectivity index (χ0) is 19.8. The lowest BCUT2D eigenvalue weighted by Gasteiger charge is -2.14. The molecule has 0 aliphatic carbocycles. The van der Waals surface area contributed by atoms with E-state index in [1.807, 2.05) is 12.1 Å². The number of carbonyl (C=O) groups excluding carboxylic acids is 1. The Bertz CT molecular complexity index is 1130. The Morgan fingerprint density at radius 2 is 1.82 bits per heavy atom. The Balaban J connectivity index is 1.61. The van der Waals surface area contributed by atoms with Gasteiger partial charge in [-0.2, -0.15) is 0 Å². The minimum atomic E-state index is -0.720. The van der Waals surface area contributed by atoms with Crippen molar-refractivity contribution in [1.29, 1.82) is 0 Å². The average molecular weight is 478 g/mol. The highest BCUT2D eigenvalue weighted by atomic mass is 79.9. The van der Waals surface area contributed by atoms with Gasteiger partial charge >= 0.3 is 0 Å². The van der Waals surface area contributed by atoms with Crippen LogP contribution in [0.2, 0.25) is 0 Å². The number of furan rings is 1. The Kier molecular flexibility index (Phi) is 5.18. The van der Waals surface area contributed by atoms with Crippen LogP contribution in [0.3, 0.4) is 0 Å². The van der Waals surface area contributed by atoms with E-state index in [0.717, 1.165) is 28.4 Å². The molecule has 3 nitrogen and oxygen atoms in total. The van der Waals surface area contributed by atoms with Crippen molar-refractivity contribution in [2.24, 2.45) is 0 Å². The topological polar surface area (TPSA) is 33.5 Å². The zero-order valence-electron chi connectivity index (χ0n) is 14.0. The third-order valence-corrected chi connectivity index (χ3v) is 5.81. The molecule has 1 saturated heterocycles. The van der Waals surface area contributed by atoms with Crippen LogP contribution in [0.15, 0.2) is 68.4 Å².